The molecule has 124 valence electrons. The van der Waals surface area contributed by atoms with Crippen LogP contribution in [0.3, 0.4) is 0 Å². The summed E-state index contributed by atoms with van der Waals surface area (Å²) in [7, 11) is -2.14. The number of nitrogens with one attached hydrogen (secondary N) is 2. The number of halogens is 2. The van der Waals surface area contributed by atoms with Crippen LogP contribution in [0.15, 0.2) is 23.1 Å². The fraction of sp³-hybridized carbons (Fsp3) is 0.571. The largest absolute Gasteiger partial charge is 0.384 e. The van der Waals surface area contributed by atoms with Gasteiger partial charge in [0.05, 0.1) is 16.7 Å². The molecule has 0 unspecified atom stereocenters. The third kappa shape index (κ3) is 4.13. The molecule has 0 amide bonds. The second kappa shape index (κ2) is 7.47. The van der Waals surface area contributed by atoms with Gasteiger partial charge in [0, 0.05) is 19.1 Å². The van der Waals surface area contributed by atoms with Crippen molar-refractivity contribution in [3.8, 4) is 0 Å². The first-order valence-corrected chi connectivity index (χ1v) is 9.27. The van der Waals surface area contributed by atoms with Crippen LogP contribution < -0.4 is 10.0 Å². The molecule has 5 nitrogen and oxygen atoms in total. The number of piperidine rings is 1. The van der Waals surface area contributed by atoms with E-state index in [9.17, 15) is 8.42 Å². The number of hydrogen-bond donors (Lipinski definition) is 2. The van der Waals surface area contributed by atoms with E-state index in [4.69, 9.17) is 27.9 Å². The highest BCUT2D eigenvalue weighted by Gasteiger charge is 2.34. The highest BCUT2D eigenvalue weighted by Crippen LogP contribution is 2.31. The van der Waals surface area contributed by atoms with E-state index in [2.05, 4.69) is 10.0 Å². The molecule has 0 aliphatic carbocycles. The van der Waals surface area contributed by atoms with E-state index in [1.54, 1.807) is 13.2 Å². The normalized spacial score (nSPS) is 18.3. The maximum atomic E-state index is 12.5. The molecule has 1 aliphatic heterocycles. The van der Waals surface area contributed by atoms with Crippen molar-refractivity contribution in [2.24, 2.45) is 5.41 Å². The number of ether oxygens (including phenoxy) is 1. The average Bonchev–Trinajstić information content (AvgIpc) is 2.46. The van der Waals surface area contributed by atoms with Crippen molar-refractivity contribution in [1.29, 1.82) is 0 Å². The van der Waals surface area contributed by atoms with Gasteiger partial charge in [-0.3, -0.25) is 0 Å². The Hall–Kier alpha value is -0.370. The molecule has 1 saturated heterocycles. The summed E-state index contributed by atoms with van der Waals surface area (Å²) in [6.45, 7) is 2.50. The zero-order valence-corrected chi connectivity index (χ0v) is 14.7. The second-order valence-electron chi connectivity index (χ2n) is 5.56. The van der Waals surface area contributed by atoms with Crippen LogP contribution >= 0.6 is 23.2 Å². The zero-order valence-electron chi connectivity index (χ0n) is 12.4. The van der Waals surface area contributed by atoms with Crippen LogP contribution in [0.5, 0.6) is 0 Å². The molecule has 0 saturated carbocycles. The van der Waals surface area contributed by atoms with E-state index in [1.807, 2.05) is 0 Å². The monoisotopic (exact) mass is 366 g/mol. The van der Waals surface area contributed by atoms with Crippen LogP contribution in [0.2, 0.25) is 10.0 Å². The summed E-state index contributed by atoms with van der Waals surface area (Å²) in [4.78, 5) is -0.0696. The minimum Gasteiger partial charge on any atom is -0.384 e. The maximum Gasteiger partial charge on any atom is 0.243 e. The third-order valence-electron chi connectivity index (χ3n) is 3.94. The Bertz CT molecular complexity index is 591. The van der Waals surface area contributed by atoms with Crippen LogP contribution in [0, 0.1) is 5.41 Å². The lowest BCUT2D eigenvalue weighted by Gasteiger charge is -2.37. The third-order valence-corrected chi connectivity index (χ3v) is 6.30. The summed E-state index contributed by atoms with van der Waals surface area (Å²) < 4.78 is 33.0. The van der Waals surface area contributed by atoms with Gasteiger partial charge in [-0.15, -0.1) is 0 Å². The summed E-state index contributed by atoms with van der Waals surface area (Å²) >= 11 is 12.0. The van der Waals surface area contributed by atoms with Crippen LogP contribution in [0.4, 0.5) is 0 Å². The van der Waals surface area contributed by atoms with Crippen molar-refractivity contribution >= 4 is 33.2 Å². The van der Waals surface area contributed by atoms with Gasteiger partial charge in [0.1, 0.15) is 4.90 Å². The molecule has 0 aromatic heterocycles. The van der Waals surface area contributed by atoms with Crippen molar-refractivity contribution in [3.63, 3.8) is 0 Å². The molecule has 1 heterocycles. The van der Waals surface area contributed by atoms with Crippen LogP contribution in [0.25, 0.3) is 0 Å². The Morgan fingerprint density at radius 2 is 1.86 bits per heavy atom. The SMILES string of the molecule is COCC1(CNS(=O)(=O)c2c(Cl)cccc2Cl)CCNCC1. The van der Waals surface area contributed by atoms with Gasteiger partial charge in [0.15, 0.2) is 0 Å². The predicted octanol–water partition coefficient (Wildman–Crippen LogP) is 2.29. The lowest BCUT2D eigenvalue weighted by molar-refractivity contribution is 0.0577. The first-order chi connectivity index (χ1) is 10.4. The lowest BCUT2D eigenvalue weighted by atomic mass is 9.80. The minimum atomic E-state index is -3.77. The van der Waals surface area contributed by atoms with E-state index in [1.165, 1.54) is 12.1 Å². The van der Waals surface area contributed by atoms with Gasteiger partial charge in [-0.25, -0.2) is 13.1 Å². The Balaban J connectivity index is 2.18. The Labute approximate surface area is 141 Å². The summed E-state index contributed by atoms with van der Waals surface area (Å²) in [5, 5.41) is 3.50. The molecule has 0 spiro atoms. The molecule has 8 heteroatoms. The molecule has 2 N–H and O–H groups in total. The predicted molar refractivity (Wildman–Crippen MR) is 88.1 cm³/mol. The van der Waals surface area contributed by atoms with Crippen LogP contribution in [-0.4, -0.2) is 41.8 Å². The quantitative estimate of drug-likeness (QED) is 0.810. The summed E-state index contributed by atoms with van der Waals surface area (Å²) in [6, 6.07) is 4.64. The van der Waals surface area contributed by atoms with Crippen molar-refractivity contribution in [3.05, 3.63) is 28.2 Å². The summed E-state index contributed by atoms with van der Waals surface area (Å²) in [5.74, 6) is 0. The van der Waals surface area contributed by atoms with E-state index >= 15 is 0 Å². The molecule has 2 rings (SSSR count). The smallest absolute Gasteiger partial charge is 0.243 e. The highest BCUT2D eigenvalue weighted by atomic mass is 35.5. The molecule has 1 aromatic rings. The first-order valence-electron chi connectivity index (χ1n) is 7.04. The average molecular weight is 367 g/mol. The van der Waals surface area contributed by atoms with Crippen LogP contribution in [0.1, 0.15) is 12.8 Å². The molecule has 1 aromatic carbocycles. The molecule has 0 atom stereocenters. The van der Waals surface area contributed by atoms with Gasteiger partial charge >= 0.3 is 0 Å². The van der Waals surface area contributed by atoms with Gasteiger partial charge in [-0.05, 0) is 38.1 Å². The van der Waals surface area contributed by atoms with E-state index in [0.29, 0.717) is 13.2 Å². The maximum absolute atomic E-state index is 12.5. The van der Waals surface area contributed by atoms with Crippen molar-refractivity contribution in [1.82, 2.24) is 10.0 Å². The Morgan fingerprint density at radius 1 is 1.27 bits per heavy atom. The number of methoxy groups -OCH3 is 1. The number of rotatable bonds is 6. The topological polar surface area (TPSA) is 67.4 Å². The first kappa shape index (κ1) is 18.0. The fourth-order valence-corrected chi connectivity index (χ4v) is 4.99. The number of sulfonamides is 1. The van der Waals surface area contributed by atoms with E-state index < -0.39 is 10.0 Å². The molecule has 22 heavy (non-hydrogen) atoms. The van der Waals surface area contributed by atoms with Gasteiger partial charge in [0.25, 0.3) is 0 Å². The van der Waals surface area contributed by atoms with E-state index in [0.717, 1.165) is 25.9 Å². The van der Waals surface area contributed by atoms with Crippen LogP contribution in [-0.2, 0) is 14.8 Å². The van der Waals surface area contributed by atoms with Crippen molar-refractivity contribution in [2.45, 2.75) is 17.7 Å². The van der Waals surface area contributed by atoms with Gasteiger partial charge in [0.2, 0.25) is 10.0 Å². The van der Waals surface area contributed by atoms with E-state index in [-0.39, 0.29) is 20.4 Å². The molecule has 1 fully saturated rings. The minimum absolute atomic E-state index is 0.0696. The van der Waals surface area contributed by atoms with Gasteiger partial charge in [-0.1, -0.05) is 29.3 Å². The highest BCUT2D eigenvalue weighted by molar-refractivity contribution is 7.89. The Kier molecular flexibility index (Phi) is 6.10. The van der Waals surface area contributed by atoms with Gasteiger partial charge < -0.3 is 10.1 Å². The molecular weight excluding hydrogens is 347 g/mol. The lowest BCUT2D eigenvalue weighted by Crippen LogP contribution is -2.47. The molecule has 0 bridgehead atoms. The number of benzene rings is 1. The summed E-state index contributed by atoms with van der Waals surface area (Å²) in [6.07, 6.45) is 1.69. The molecular formula is C14H20Cl2N2O3S. The zero-order chi connectivity index (χ0) is 16.2. The standard InChI is InChI=1S/C14H20Cl2N2O3S/c1-21-10-14(5-7-17-8-6-14)9-18-22(19,20)13-11(15)3-2-4-12(13)16/h2-4,17-18H,5-10H2,1H3. The fourth-order valence-electron chi connectivity index (χ4n) is 2.69. The van der Waals surface area contributed by atoms with Crippen molar-refractivity contribution < 1.29 is 13.2 Å². The molecule has 1 aliphatic rings. The Morgan fingerprint density at radius 3 is 2.41 bits per heavy atom. The second-order valence-corrected chi connectivity index (χ2v) is 8.08. The number of hydrogen-bond acceptors (Lipinski definition) is 4. The van der Waals surface area contributed by atoms with Crippen molar-refractivity contribution in [2.75, 3.05) is 33.4 Å². The van der Waals surface area contributed by atoms with Gasteiger partial charge in [-0.2, -0.15) is 0 Å². The summed E-state index contributed by atoms with van der Waals surface area (Å²) in [5.41, 5.74) is -0.208. The molecule has 0 radical (unpaired) electrons.